The van der Waals surface area contributed by atoms with Crippen LogP contribution in [0, 0.1) is 0 Å². The maximum absolute atomic E-state index is 11.6. The lowest BCUT2D eigenvalue weighted by molar-refractivity contribution is 0.101. The van der Waals surface area contributed by atoms with Crippen molar-refractivity contribution in [3.63, 3.8) is 0 Å². The summed E-state index contributed by atoms with van der Waals surface area (Å²) in [5, 5.41) is 3.26. The Morgan fingerprint density at radius 2 is 1.48 bits per heavy atom. The minimum atomic E-state index is 0. The predicted octanol–water partition coefficient (Wildman–Crippen LogP) is 3.44. The molecule has 0 atom stereocenters. The molecule has 1 aromatic carbocycles. The number of halogens is 1. The van der Waals surface area contributed by atoms with Crippen LogP contribution in [0.2, 0.25) is 0 Å². The zero-order chi connectivity index (χ0) is 17.9. The number of benzene rings is 1. The fourth-order valence-electron chi connectivity index (χ4n) is 3.47. The Hall–Kier alpha value is -2.41. The van der Waals surface area contributed by atoms with Crippen LogP contribution in [0.4, 0.5) is 23.5 Å². The molecule has 2 aliphatic heterocycles. The smallest absolute Gasteiger partial charge is 0.233 e. The topological polar surface area (TPSA) is 74.2 Å². The van der Waals surface area contributed by atoms with Crippen molar-refractivity contribution in [3.05, 3.63) is 29.8 Å². The van der Waals surface area contributed by atoms with Crippen LogP contribution < -0.4 is 15.1 Å². The molecule has 0 unspecified atom stereocenters. The monoisotopic (exact) mass is 388 g/mol. The normalized spacial score (nSPS) is 16.3. The molecule has 0 saturated carbocycles. The third-order valence-corrected chi connectivity index (χ3v) is 4.91. The molecular formula is C19H25ClN6O. The number of nitrogens with zero attached hydrogens (tertiary/aromatic N) is 5. The first-order valence-corrected chi connectivity index (χ1v) is 9.33. The number of rotatable bonds is 5. The van der Waals surface area contributed by atoms with Gasteiger partial charge in [-0.1, -0.05) is 12.1 Å². The molecule has 2 aliphatic rings. The van der Waals surface area contributed by atoms with Crippen LogP contribution in [0.25, 0.3) is 0 Å². The maximum atomic E-state index is 11.6. The van der Waals surface area contributed by atoms with Crippen molar-refractivity contribution >= 4 is 41.7 Å². The van der Waals surface area contributed by atoms with Crippen molar-refractivity contribution in [1.29, 1.82) is 0 Å². The Labute approximate surface area is 165 Å². The van der Waals surface area contributed by atoms with E-state index in [0.717, 1.165) is 43.8 Å². The number of aromatic nitrogens is 3. The van der Waals surface area contributed by atoms with Crippen molar-refractivity contribution < 1.29 is 4.79 Å². The summed E-state index contributed by atoms with van der Waals surface area (Å²) in [5.41, 5.74) is 1.48. The Morgan fingerprint density at radius 3 is 2.00 bits per heavy atom. The van der Waals surface area contributed by atoms with Gasteiger partial charge in [-0.3, -0.25) is 4.79 Å². The third kappa shape index (κ3) is 4.47. The molecule has 1 N–H and O–H groups in total. The van der Waals surface area contributed by atoms with Gasteiger partial charge in [-0.05, 0) is 44.7 Å². The molecule has 2 saturated heterocycles. The minimum Gasteiger partial charge on any atom is -0.341 e. The van der Waals surface area contributed by atoms with Gasteiger partial charge in [0.25, 0.3) is 0 Å². The van der Waals surface area contributed by atoms with E-state index >= 15 is 0 Å². The summed E-state index contributed by atoms with van der Waals surface area (Å²) in [4.78, 5) is 30.1. The molecule has 144 valence electrons. The first-order chi connectivity index (χ1) is 12.7. The third-order valence-electron chi connectivity index (χ3n) is 4.91. The quantitative estimate of drug-likeness (QED) is 0.786. The van der Waals surface area contributed by atoms with Gasteiger partial charge >= 0.3 is 0 Å². The van der Waals surface area contributed by atoms with Gasteiger partial charge in [0.15, 0.2) is 5.78 Å². The molecule has 0 aliphatic carbocycles. The van der Waals surface area contributed by atoms with Crippen LogP contribution in [0.3, 0.4) is 0 Å². The standard InChI is InChI=1S/C19H24N6O.ClH/c1-14(26)15-7-6-8-16(13-15)20-17-21-18(24-9-2-3-10-24)23-19(22-17)25-11-4-5-12-25;/h6-8,13H,2-5,9-12H2,1H3,(H,20,21,22,23);1H. The molecule has 0 radical (unpaired) electrons. The van der Waals surface area contributed by atoms with E-state index in [9.17, 15) is 4.79 Å². The number of carbonyl (C=O) groups is 1. The lowest BCUT2D eigenvalue weighted by Crippen LogP contribution is -2.25. The van der Waals surface area contributed by atoms with Gasteiger partial charge in [0.1, 0.15) is 0 Å². The molecule has 7 nitrogen and oxygen atoms in total. The highest BCUT2D eigenvalue weighted by Gasteiger charge is 2.21. The molecule has 27 heavy (non-hydrogen) atoms. The van der Waals surface area contributed by atoms with Crippen LogP contribution in [0.15, 0.2) is 24.3 Å². The Balaban J connectivity index is 0.00000210. The number of Topliss-reactive ketones (excluding diaryl/α,β-unsaturated/α-hetero) is 1. The second kappa shape index (κ2) is 8.52. The van der Waals surface area contributed by atoms with Crippen molar-refractivity contribution in [2.24, 2.45) is 0 Å². The summed E-state index contributed by atoms with van der Waals surface area (Å²) in [7, 11) is 0. The summed E-state index contributed by atoms with van der Waals surface area (Å²) in [5.74, 6) is 2.05. The fourth-order valence-corrected chi connectivity index (χ4v) is 3.47. The van der Waals surface area contributed by atoms with Crippen LogP contribution in [-0.4, -0.2) is 46.9 Å². The molecule has 0 bridgehead atoms. The molecule has 4 rings (SSSR count). The van der Waals surface area contributed by atoms with E-state index in [1.807, 2.05) is 24.3 Å². The predicted molar refractivity (Wildman–Crippen MR) is 110 cm³/mol. The zero-order valence-corrected chi connectivity index (χ0v) is 16.3. The van der Waals surface area contributed by atoms with E-state index in [4.69, 9.17) is 4.98 Å². The first kappa shape index (κ1) is 19.4. The number of hydrogen-bond acceptors (Lipinski definition) is 7. The Morgan fingerprint density at radius 1 is 0.926 bits per heavy atom. The summed E-state index contributed by atoms with van der Waals surface area (Å²) in [6, 6.07) is 7.42. The molecule has 8 heteroatoms. The number of ketones is 1. The number of anilines is 4. The van der Waals surface area contributed by atoms with Gasteiger partial charge in [-0.15, -0.1) is 12.4 Å². The van der Waals surface area contributed by atoms with E-state index in [-0.39, 0.29) is 18.2 Å². The van der Waals surface area contributed by atoms with E-state index in [1.54, 1.807) is 6.92 Å². The molecule has 2 aromatic rings. The van der Waals surface area contributed by atoms with Crippen molar-refractivity contribution in [2.75, 3.05) is 41.3 Å². The van der Waals surface area contributed by atoms with Crippen LogP contribution in [-0.2, 0) is 0 Å². The summed E-state index contributed by atoms with van der Waals surface area (Å²) >= 11 is 0. The van der Waals surface area contributed by atoms with Crippen molar-refractivity contribution in [1.82, 2.24) is 15.0 Å². The molecular weight excluding hydrogens is 364 g/mol. The summed E-state index contributed by atoms with van der Waals surface area (Å²) in [6.45, 7) is 5.52. The lowest BCUT2D eigenvalue weighted by atomic mass is 10.1. The zero-order valence-electron chi connectivity index (χ0n) is 15.5. The van der Waals surface area contributed by atoms with Gasteiger partial charge < -0.3 is 15.1 Å². The Bertz CT molecular complexity index is 768. The van der Waals surface area contributed by atoms with Gasteiger partial charge in [0.05, 0.1) is 0 Å². The molecule has 2 fully saturated rings. The summed E-state index contributed by atoms with van der Waals surface area (Å²) in [6.07, 6.45) is 4.70. The van der Waals surface area contributed by atoms with Gasteiger partial charge in [0.2, 0.25) is 17.8 Å². The highest BCUT2D eigenvalue weighted by atomic mass is 35.5. The van der Waals surface area contributed by atoms with Crippen LogP contribution in [0.5, 0.6) is 0 Å². The summed E-state index contributed by atoms with van der Waals surface area (Å²) < 4.78 is 0. The number of nitrogens with one attached hydrogen (secondary N) is 1. The van der Waals surface area contributed by atoms with Gasteiger partial charge in [0, 0.05) is 37.4 Å². The van der Waals surface area contributed by atoms with Crippen molar-refractivity contribution in [3.8, 4) is 0 Å². The highest BCUT2D eigenvalue weighted by molar-refractivity contribution is 5.95. The van der Waals surface area contributed by atoms with Crippen molar-refractivity contribution in [2.45, 2.75) is 32.6 Å². The van der Waals surface area contributed by atoms with Crippen LogP contribution in [0.1, 0.15) is 43.0 Å². The SMILES string of the molecule is CC(=O)c1cccc(Nc2nc(N3CCCC3)nc(N3CCCC3)n2)c1.Cl. The molecule has 1 aromatic heterocycles. The average molecular weight is 389 g/mol. The van der Waals surface area contributed by atoms with E-state index < -0.39 is 0 Å². The Kier molecular flexibility index (Phi) is 6.11. The maximum Gasteiger partial charge on any atom is 0.233 e. The fraction of sp³-hybridized carbons (Fsp3) is 0.474. The lowest BCUT2D eigenvalue weighted by Gasteiger charge is -2.20. The number of hydrogen-bond donors (Lipinski definition) is 1. The highest BCUT2D eigenvalue weighted by Crippen LogP contribution is 2.24. The second-order valence-electron chi connectivity index (χ2n) is 6.91. The van der Waals surface area contributed by atoms with E-state index in [1.165, 1.54) is 25.7 Å². The van der Waals surface area contributed by atoms with Gasteiger partial charge in [-0.25, -0.2) is 0 Å². The molecule has 3 heterocycles. The minimum absolute atomic E-state index is 0. The average Bonchev–Trinajstić information content (AvgIpc) is 3.35. The first-order valence-electron chi connectivity index (χ1n) is 9.33. The van der Waals surface area contributed by atoms with Crippen LogP contribution >= 0.6 is 12.4 Å². The largest absolute Gasteiger partial charge is 0.341 e. The van der Waals surface area contributed by atoms with E-state index in [0.29, 0.717) is 11.5 Å². The second-order valence-corrected chi connectivity index (χ2v) is 6.91. The molecule has 0 spiro atoms. The number of carbonyl (C=O) groups excluding carboxylic acids is 1. The van der Waals surface area contributed by atoms with Gasteiger partial charge in [-0.2, -0.15) is 15.0 Å². The van der Waals surface area contributed by atoms with E-state index in [2.05, 4.69) is 25.1 Å². The molecule has 0 amide bonds.